The molecular weight excluding hydrogens is 214 g/mol. The number of nitrogens with zero attached hydrogens (tertiary/aromatic N) is 3. The minimum atomic E-state index is -0.0921. The Morgan fingerprint density at radius 1 is 1.18 bits per heavy atom. The highest BCUT2D eigenvalue weighted by molar-refractivity contribution is 6.05. The number of aryl methyl sites for hydroxylation is 1. The van der Waals surface area contributed by atoms with E-state index in [-0.39, 0.29) is 5.91 Å². The zero-order valence-electron chi connectivity index (χ0n) is 9.79. The van der Waals surface area contributed by atoms with Gasteiger partial charge in [-0.3, -0.25) is 14.7 Å². The molecule has 0 unspecified atom stereocenters. The van der Waals surface area contributed by atoms with E-state index < -0.39 is 0 Å². The molecule has 0 aliphatic rings. The van der Waals surface area contributed by atoms with Gasteiger partial charge < -0.3 is 0 Å². The van der Waals surface area contributed by atoms with Crippen molar-refractivity contribution in [1.29, 1.82) is 0 Å². The molecule has 2 rings (SSSR count). The van der Waals surface area contributed by atoms with Gasteiger partial charge in [0.1, 0.15) is 0 Å². The van der Waals surface area contributed by atoms with E-state index in [4.69, 9.17) is 0 Å². The van der Waals surface area contributed by atoms with Crippen molar-refractivity contribution in [1.82, 2.24) is 9.97 Å². The SMILES string of the molecule is Cc1cncc(N(C)C(=O)c2ccccc2)n1. The van der Waals surface area contributed by atoms with Crippen molar-refractivity contribution in [3.05, 3.63) is 54.0 Å². The molecule has 4 heteroatoms. The Bertz CT molecular complexity index is 525. The van der Waals surface area contributed by atoms with E-state index in [1.807, 2.05) is 25.1 Å². The average molecular weight is 227 g/mol. The summed E-state index contributed by atoms with van der Waals surface area (Å²) in [6, 6.07) is 9.11. The van der Waals surface area contributed by atoms with E-state index >= 15 is 0 Å². The Morgan fingerprint density at radius 3 is 2.53 bits per heavy atom. The number of carbonyl (C=O) groups excluding carboxylic acids is 1. The molecule has 0 aliphatic heterocycles. The maximum Gasteiger partial charge on any atom is 0.259 e. The Hall–Kier alpha value is -2.23. The molecule has 0 spiro atoms. The maximum absolute atomic E-state index is 12.1. The molecule has 0 bridgehead atoms. The summed E-state index contributed by atoms with van der Waals surface area (Å²) in [5.74, 6) is 0.462. The highest BCUT2D eigenvalue weighted by Crippen LogP contribution is 2.11. The predicted molar refractivity (Wildman–Crippen MR) is 65.9 cm³/mol. The molecular formula is C13H13N3O. The Labute approximate surface area is 99.9 Å². The maximum atomic E-state index is 12.1. The summed E-state index contributed by atoms with van der Waals surface area (Å²) in [6.45, 7) is 1.84. The highest BCUT2D eigenvalue weighted by Gasteiger charge is 2.14. The number of hydrogen-bond acceptors (Lipinski definition) is 3. The van der Waals surface area contributed by atoms with Gasteiger partial charge in [-0.25, -0.2) is 4.98 Å². The molecule has 1 aromatic carbocycles. The Balaban J connectivity index is 2.27. The normalized spacial score (nSPS) is 10.0. The third kappa shape index (κ3) is 2.47. The topological polar surface area (TPSA) is 46.1 Å². The van der Waals surface area contributed by atoms with E-state index in [0.29, 0.717) is 11.4 Å². The summed E-state index contributed by atoms with van der Waals surface area (Å²) >= 11 is 0. The van der Waals surface area contributed by atoms with Crippen molar-refractivity contribution in [2.45, 2.75) is 6.92 Å². The fourth-order valence-electron chi connectivity index (χ4n) is 1.49. The van der Waals surface area contributed by atoms with Crippen LogP contribution in [0.3, 0.4) is 0 Å². The standard InChI is InChI=1S/C13H13N3O/c1-10-8-14-9-12(15-10)16(2)13(17)11-6-4-3-5-7-11/h3-9H,1-2H3. The van der Waals surface area contributed by atoms with Crippen molar-refractivity contribution in [3.63, 3.8) is 0 Å². The second-order valence-corrected chi connectivity index (χ2v) is 3.75. The highest BCUT2D eigenvalue weighted by atomic mass is 16.2. The van der Waals surface area contributed by atoms with Crippen LogP contribution in [0.1, 0.15) is 16.1 Å². The van der Waals surface area contributed by atoms with Crippen molar-refractivity contribution in [2.75, 3.05) is 11.9 Å². The van der Waals surface area contributed by atoms with Crippen LogP contribution in [0.2, 0.25) is 0 Å². The van der Waals surface area contributed by atoms with Crippen LogP contribution < -0.4 is 4.90 Å². The van der Waals surface area contributed by atoms with Gasteiger partial charge in [0.05, 0.1) is 11.9 Å². The molecule has 0 saturated carbocycles. The number of benzene rings is 1. The van der Waals surface area contributed by atoms with Crippen molar-refractivity contribution in [2.24, 2.45) is 0 Å². The summed E-state index contributed by atoms with van der Waals surface area (Å²) in [4.78, 5) is 21.9. The third-order valence-electron chi connectivity index (χ3n) is 2.41. The largest absolute Gasteiger partial charge is 0.295 e. The Kier molecular flexibility index (Phi) is 3.14. The number of carbonyl (C=O) groups is 1. The summed E-state index contributed by atoms with van der Waals surface area (Å²) in [5, 5.41) is 0. The summed E-state index contributed by atoms with van der Waals surface area (Å²) in [7, 11) is 1.69. The smallest absolute Gasteiger partial charge is 0.259 e. The Morgan fingerprint density at radius 2 is 1.88 bits per heavy atom. The molecule has 1 heterocycles. The fraction of sp³-hybridized carbons (Fsp3) is 0.154. The molecule has 86 valence electrons. The van der Waals surface area contributed by atoms with Crippen LogP contribution in [-0.4, -0.2) is 22.9 Å². The van der Waals surface area contributed by atoms with Gasteiger partial charge in [0.2, 0.25) is 0 Å². The van der Waals surface area contributed by atoms with Gasteiger partial charge in [-0.15, -0.1) is 0 Å². The van der Waals surface area contributed by atoms with Crippen molar-refractivity contribution < 1.29 is 4.79 Å². The van der Waals surface area contributed by atoms with Gasteiger partial charge in [0.15, 0.2) is 5.82 Å². The van der Waals surface area contributed by atoms with E-state index in [1.165, 1.54) is 4.90 Å². The molecule has 0 N–H and O–H groups in total. The molecule has 0 aliphatic carbocycles. The van der Waals surface area contributed by atoms with Crippen LogP contribution >= 0.6 is 0 Å². The van der Waals surface area contributed by atoms with Gasteiger partial charge in [-0.05, 0) is 19.1 Å². The first-order valence-electron chi connectivity index (χ1n) is 5.30. The first kappa shape index (κ1) is 11.3. The molecule has 17 heavy (non-hydrogen) atoms. The molecule has 2 aromatic rings. The van der Waals surface area contributed by atoms with E-state index in [0.717, 1.165) is 5.69 Å². The van der Waals surface area contributed by atoms with Gasteiger partial charge in [0.25, 0.3) is 5.91 Å². The minimum absolute atomic E-state index is 0.0921. The van der Waals surface area contributed by atoms with Gasteiger partial charge in [0, 0.05) is 18.8 Å². The van der Waals surface area contributed by atoms with E-state index in [2.05, 4.69) is 9.97 Å². The molecule has 4 nitrogen and oxygen atoms in total. The quantitative estimate of drug-likeness (QED) is 0.789. The second kappa shape index (κ2) is 4.74. The van der Waals surface area contributed by atoms with Crippen LogP contribution in [0.15, 0.2) is 42.7 Å². The molecule has 0 radical (unpaired) electrons. The lowest BCUT2D eigenvalue weighted by Gasteiger charge is -2.15. The lowest BCUT2D eigenvalue weighted by molar-refractivity contribution is 0.0992. The van der Waals surface area contributed by atoms with Crippen LogP contribution in [0.4, 0.5) is 5.82 Å². The molecule has 1 aromatic heterocycles. The fourth-order valence-corrected chi connectivity index (χ4v) is 1.49. The van der Waals surface area contributed by atoms with E-state index in [9.17, 15) is 4.79 Å². The number of anilines is 1. The zero-order valence-corrected chi connectivity index (χ0v) is 9.79. The lowest BCUT2D eigenvalue weighted by Crippen LogP contribution is -2.27. The third-order valence-corrected chi connectivity index (χ3v) is 2.41. The first-order chi connectivity index (χ1) is 8.18. The monoisotopic (exact) mass is 227 g/mol. The van der Waals surface area contributed by atoms with Gasteiger partial charge in [-0.1, -0.05) is 18.2 Å². The molecule has 0 fully saturated rings. The summed E-state index contributed by atoms with van der Waals surface area (Å²) < 4.78 is 0. The predicted octanol–water partition coefficient (Wildman–Crippen LogP) is 2.06. The summed E-state index contributed by atoms with van der Waals surface area (Å²) in [5.41, 5.74) is 1.42. The lowest BCUT2D eigenvalue weighted by atomic mass is 10.2. The van der Waals surface area contributed by atoms with Crippen LogP contribution in [0, 0.1) is 6.92 Å². The number of aromatic nitrogens is 2. The molecule has 0 atom stereocenters. The molecule has 1 amide bonds. The van der Waals surface area contributed by atoms with Crippen LogP contribution in [0.5, 0.6) is 0 Å². The van der Waals surface area contributed by atoms with Gasteiger partial charge in [-0.2, -0.15) is 0 Å². The zero-order chi connectivity index (χ0) is 12.3. The molecule has 0 saturated heterocycles. The number of hydrogen-bond donors (Lipinski definition) is 0. The van der Waals surface area contributed by atoms with Crippen molar-refractivity contribution in [3.8, 4) is 0 Å². The van der Waals surface area contributed by atoms with Crippen LogP contribution in [0.25, 0.3) is 0 Å². The second-order valence-electron chi connectivity index (χ2n) is 3.75. The minimum Gasteiger partial charge on any atom is -0.295 e. The summed E-state index contributed by atoms with van der Waals surface area (Å²) in [6.07, 6.45) is 3.23. The first-order valence-corrected chi connectivity index (χ1v) is 5.30. The van der Waals surface area contributed by atoms with Gasteiger partial charge >= 0.3 is 0 Å². The van der Waals surface area contributed by atoms with Crippen LogP contribution in [-0.2, 0) is 0 Å². The van der Waals surface area contributed by atoms with E-state index in [1.54, 1.807) is 31.6 Å². The number of rotatable bonds is 2. The van der Waals surface area contributed by atoms with Crippen molar-refractivity contribution >= 4 is 11.7 Å². The average Bonchev–Trinajstić information content (AvgIpc) is 2.38. The number of amides is 1.